The Hall–Kier alpha value is -3.16. The summed E-state index contributed by atoms with van der Waals surface area (Å²) in [4.78, 5) is 17.1. The zero-order valence-electron chi connectivity index (χ0n) is 15.2. The molecule has 0 unspecified atom stereocenters. The molecule has 0 aliphatic carbocycles. The average molecular weight is 427 g/mol. The molecule has 1 N–H and O–H groups in total. The van der Waals surface area contributed by atoms with Gasteiger partial charge >= 0.3 is 0 Å². The van der Waals surface area contributed by atoms with Crippen LogP contribution in [0, 0.1) is 0 Å². The lowest BCUT2D eigenvalue weighted by molar-refractivity contribution is 0.102. The van der Waals surface area contributed by atoms with Crippen molar-refractivity contribution in [3.8, 4) is 11.5 Å². The maximum Gasteiger partial charge on any atom is 0.257 e. The molecule has 0 radical (unpaired) electrons. The molecule has 0 saturated heterocycles. The minimum atomic E-state index is -3.41. The first-order valence-corrected chi connectivity index (χ1v) is 10.9. The fourth-order valence-corrected chi connectivity index (χ4v) is 3.81. The molecule has 0 atom stereocenters. The monoisotopic (exact) mass is 426 g/mol. The van der Waals surface area contributed by atoms with E-state index in [1.54, 1.807) is 18.2 Å². The highest BCUT2D eigenvalue weighted by atomic mass is 35.5. The van der Waals surface area contributed by atoms with Crippen molar-refractivity contribution in [2.75, 3.05) is 11.6 Å². The summed E-state index contributed by atoms with van der Waals surface area (Å²) in [6.07, 6.45) is 1.08. The number of sulfone groups is 1. The lowest BCUT2D eigenvalue weighted by Crippen LogP contribution is -2.13. The Kier molecular flexibility index (Phi) is 4.86. The van der Waals surface area contributed by atoms with Crippen molar-refractivity contribution >= 4 is 44.1 Å². The van der Waals surface area contributed by atoms with E-state index >= 15 is 0 Å². The average Bonchev–Trinajstić information content (AvgIpc) is 3.11. The Morgan fingerprint density at radius 1 is 1.03 bits per heavy atom. The topological polar surface area (TPSA) is 89.3 Å². The molecule has 3 aromatic carbocycles. The van der Waals surface area contributed by atoms with Gasteiger partial charge in [-0.25, -0.2) is 13.4 Å². The van der Waals surface area contributed by atoms with Crippen LogP contribution in [0.4, 0.5) is 5.69 Å². The number of halogens is 1. The van der Waals surface area contributed by atoms with Crippen molar-refractivity contribution in [2.45, 2.75) is 4.90 Å². The van der Waals surface area contributed by atoms with Crippen molar-refractivity contribution in [1.29, 1.82) is 0 Å². The van der Waals surface area contributed by atoms with Crippen LogP contribution < -0.4 is 5.32 Å². The molecular formula is C21H15ClN2O4S. The summed E-state index contributed by atoms with van der Waals surface area (Å²) >= 11 is 6.12. The van der Waals surface area contributed by atoms with Gasteiger partial charge in [0.15, 0.2) is 15.4 Å². The van der Waals surface area contributed by atoms with E-state index < -0.39 is 15.7 Å². The molecule has 0 saturated carbocycles. The molecule has 1 amide bonds. The fourth-order valence-electron chi connectivity index (χ4n) is 2.83. The lowest BCUT2D eigenvalue weighted by Gasteiger charge is -2.09. The van der Waals surface area contributed by atoms with Crippen LogP contribution in [0.5, 0.6) is 0 Å². The largest absolute Gasteiger partial charge is 0.436 e. The SMILES string of the molecule is CS(=O)(=O)c1ccc(C(=O)Nc2cccc(-c3nc4ccccc4o3)c2)c(Cl)c1. The zero-order chi connectivity index (χ0) is 20.6. The molecule has 4 rings (SSSR count). The van der Waals surface area contributed by atoms with Crippen LogP contribution in [0.2, 0.25) is 5.02 Å². The van der Waals surface area contributed by atoms with Gasteiger partial charge in [0.2, 0.25) is 5.89 Å². The minimum absolute atomic E-state index is 0.0528. The first kappa shape index (κ1) is 19.2. The number of hydrogen-bond acceptors (Lipinski definition) is 5. The summed E-state index contributed by atoms with van der Waals surface area (Å²) in [5.41, 5.74) is 2.83. The highest BCUT2D eigenvalue weighted by Gasteiger charge is 2.16. The van der Waals surface area contributed by atoms with Crippen molar-refractivity contribution in [2.24, 2.45) is 0 Å². The van der Waals surface area contributed by atoms with Gasteiger partial charge in [0, 0.05) is 17.5 Å². The van der Waals surface area contributed by atoms with Crippen molar-refractivity contribution in [3.63, 3.8) is 0 Å². The molecule has 1 aromatic heterocycles. The number of oxazole rings is 1. The predicted octanol–water partition coefficient (Wildman–Crippen LogP) is 4.80. The number of nitrogens with one attached hydrogen (secondary N) is 1. The Balaban J connectivity index is 1.60. The van der Waals surface area contributed by atoms with E-state index in [1.807, 2.05) is 30.3 Å². The van der Waals surface area contributed by atoms with Crippen molar-refractivity contribution in [1.82, 2.24) is 4.98 Å². The van der Waals surface area contributed by atoms with Crippen LogP contribution in [-0.2, 0) is 9.84 Å². The Labute approximate surface area is 172 Å². The van der Waals surface area contributed by atoms with Gasteiger partial charge in [-0.05, 0) is 48.5 Å². The first-order chi connectivity index (χ1) is 13.8. The number of benzene rings is 3. The maximum absolute atomic E-state index is 12.6. The molecule has 4 aromatic rings. The van der Waals surface area contributed by atoms with Crippen LogP contribution in [0.1, 0.15) is 10.4 Å². The Bertz CT molecular complexity index is 1310. The summed E-state index contributed by atoms with van der Waals surface area (Å²) in [6.45, 7) is 0. The van der Waals surface area contributed by atoms with Gasteiger partial charge in [0.05, 0.1) is 15.5 Å². The summed E-state index contributed by atoms with van der Waals surface area (Å²) in [6, 6.07) is 18.5. The second-order valence-electron chi connectivity index (χ2n) is 6.44. The standard InChI is InChI=1S/C21H15ClN2O4S/c1-29(26,27)15-9-10-16(17(22)12-15)20(25)23-14-6-4-5-13(11-14)21-24-18-7-2-3-8-19(18)28-21/h2-12H,1H3,(H,23,25). The third kappa shape index (κ3) is 4.01. The maximum atomic E-state index is 12.6. The molecule has 8 heteroatoms. The molecule has 1 heterocycles. The normalized spacial score (nSPS) is 11.5. The van der Waals surface area contributed by atoms with Gasteiger partial charge in [-0.2, -0.15) is 0 Å². The third-order valence-corrected chi connectivity index (χ3v) is 5.70. The number of nitrogens with zero attached hydrogens (tertiary/aromatic N) is 1. The highest BCUT2D eigenvalue weighted by molar-refractivity contribution is 7.90. The minimum Gasteiger partial charge on any atom is -0.436 e. The third-order valence-electron chi connectivity index (χ3n) is 4.27. The highest BCUT2D eigenvalue weighted by Crippen LogP contribution is 2.27. The van der Waals surface area contributed by atoms with E-state index in [0.29, 0.717) is 22.7 Å². The van der Waals surface area contributed by atoms with Gasteiger partial charge in [-0.1, -0.05) is 29.8 Å². The van der Waals surface area contributed by atoms with E-state index in [0.717, 1.165) is 11.8 Å². The molecular weight excluding hydrogens is 412 g/mol. The number of para-hydroxylation sites is 2. The summed E-state index contributed by atoms with van der Waals surface area (Å²) in [5, 5.41) is 2.81. The Morgan fingerprint density at radius 3 is 2.55 bits per heavy atom. The van der Waals surface area contributed by atoms with Gasteiger partial charge in [-0.15, -0.1) is 0 Å². The molecule has 146 valence electrons. The summed E-state index contributed by atoms with van der Waals surface area (Å²) in [7, 11) is -3.41. The molecule has 0 aliphatic heterocycles. The van der Waals surface area contributed by atoms with E-state index in [4.69, 9.17) is 16.0 Å². The molecule has 0 fully saturated rings. The second-order valence-corrected chi connectivity index (χ2v) is 8.86. The number of amides is 1. The number of fused-ring (bicyclic) bond motifs is 1. The van der Waals surface area contributed by atoms with Crippen LogP contribution in [0.25, 0.3) is 22.6 Å². The fraction of sp³-hybridized carbons (Fsp3) is 0.0476. The van der Waals surface area contributed by atoms with Crippen molar-refractivity contribution in [3.05, 3.63) is 77.3 Å². The molecule has 0 bridgehead atoms. The number of carbonyl (C=O) groups excluding carboxylic acids is 1. The summed E-state index contributed by atoms with van der Waals surface area (Å²) in [5.74, 6) is -0.0115. The lowest BCUT2D eigenvalue weighted by atomic mass is 10.1. The van der Waals surface area contributed by atoms with Gasteiger partial charge < -0.3 is 9.73 Å². The van der Waals surface area contributed by atoms with E-state index in [-0.39, 0.29) is 15.5 Å². The van der Waals surface area contributed by atoms with Crippen LogP contribution in [0.3, 0.4) is 0 Å². The van der Waals surface area contributed by atoms with Gasteiger partial charge in [-0.3, -0.25) is 4.79 Å². The summed E-state index contributed by atoms with van der Waals surface area (Å²) < 4.78 is 29.0. The number of anilines is 1. The molecule has 29 heavy (non-hydrogen) atoms. The quantitative estimate of drug-likeness (QED) is 0.506. The van der Waals surface area contributed by atoms with Crippen LogP contribution in [0.15, 0.2) is 76.0 Å². The molecule has 6 nitrogen and oxygen atoms in total. The number of carbonyl (C=O) groups is 1. The van der Waals surface area contributed by atoms with E-state index in [1.165, 1.54) is 18.2 Å². The predicted molar refractivity (Wildman–Crippen MR) is 112 cm³/mol. The first-order valence-electron chi connectivity index (χ1n) is 8.58. The number of rotatable bonds is 4. The second kappa shape index (κ2) is 7.35. The zero-order valence-corrected chi connectivity index (χ0v) is 16.8. The van der Waals surface area contributed by atoms with Gasteiger partial charge in [0.1, 0.15) is 5.52 Å². The van der Waals surface area contributed by atoms with E-state index in [2.05, 4.69) is 10.3 Å². The molecule has 0 aliphatic rings. The Morgan fingerprint density at radius 2 is 1.83 bits per heavy atom. The van der Waals surface area contributed by atoms with Crippen LogP contribution in [-0.4, -0.2) is 25.6 Å². The smallest absolute Gasteiger partial charge is 0.257 e. The van der Waals surface area contributed by atoms with Crippen molar-refractivity contribution < 1.29 is 17.6 Å². The van der Waals surface area contributed by atoms with Gasteiger partial charge in [0.25, 0.3) is 5.91 Å². The van der Waals surface area contributed by atoms with E-state index in [9.17, 15) is 13.2 Å². The number of aromatic nitrogens is 1. The molecule has 0 spiro atoms. The number of hydrogen-bond donors (Lipinski definition) is 1. The van der Waals surface area contributed by atoms with Crippen LogP contribution >= 0.6 is 11.6 Å².